The summed E-state index contributed by atoms with van der Waals surface area (Å²) in [5.74, 6) is -1.21. The normalized spacial score (nSPS) is 18.4. The van der Waals surface area contributed by atoms with Crippen molar-refractivity contribution in [3.8, 4) is 0 Å². The molecule has 64 valence electrons. The molecule has 0 amide bonds. The zero-order chi connectivity index (χ0) is 8.85. The number of rotatable bonds is 5. The molecule has 0 bridgehead atoms. The molecule has 0 saturated heterocycles. The zero-order valence-electron chi connectivity index (χ0n) is 5.93. The summed E-state index contributed by atoms with van der Waals surface area (Å²) in [7, 11) is -2.66. The molecule has 0 heterocycles. The number of aliphatic hydroxyl groups is 2. The minimum absolute atomic E-state index is 1.07. The van der Waals surface area contributed by atoms with E-state index in [0.717, 1.165) is 12.2 Å². The number of hydrogen-bond acceptors (Lipinski definition) is 4. The van der Waals surface area contributed by atoms with E-state index in [1.165, 1.54) is 0 Å². The minimum Gasteiger partial charge on any atom is -0.379 e. The summed E-state index contributed by atoms with van der Waals surface area (Å²) >= 11 is 0. The second kappa shape index (κ2) is 5.27. The first-order valence-electron chi connectivity index (χ1n) is 2.93. The maximum atomic E-state index is 10.8. The summed E-state index contributed by atoms with van der Waals surface area (Å²) in [6.07, 6.45) is 0.853. The SMILES string of the molecule is C=CC(O)O[PH](=O)C(O)C=C. The predicted molar refractivity (Wildman–Crippen MR) is 42.5 cm³/mol. The molecule has 0 radical (unpaired) electrons. The summed E-state index contributed by atoms with van der Waals surface area (Å²) in [6.45, 7) is 6.40. The highest BCUT2D eigenvalue weighted by Crippen LogP contribution is 2.29. The first-order chi connectivity index (χ1) is 5.11. The average molecular weight is 178 g/mol. The van der Waals surface area contributed by atoms with Gasteiger partial charge in [-0.15, -0.1) is 0 Å². The van der Waals surface area contributed by atoms with Crippen molar-refractivity contribution in [1.29, 1.82) is 0 Å². The second-order valence-electron chi connectivity index (χ2n) is 1.74. The van der Waals surface area contributed by atoms with Crippen LogP contribution in [0, 0.1) is 0 Å². The Kier molecular flexibility index (Phi) is 5.07. The fourth-order valence-electron chi connectivity index (χ4n) is 0.333. The molecule has 3 unspecified atom stereocenters. The van der Waals surface area contributed by atoms with Crippen molar-refractivity contribution in [1.82, 2.24) is 0 Å². The van der Waals surface area contributed by atoms with Crippen LogP contribution in [0.1, 0.15) is 0 Å². The lowest BCUT2D eigenvalue weighted by Crippen LogP contribution is -2.06. The van der Waals surface area contributed by atoms with E-state index >= 15 is 0 Å². The largest absolute Gasteiger partial charge is 0.379 e. The van der Waals surface area contributed by atoms with Crippen LogP contribution in [0.4, 0.5) is 0 Å². The second-order valence-corrected chi connectivity index (χ2v) is 3.21. The molecule has 4 nitrogen and oxygen atoms in total. The van der Waals surface area contributed by atoms with Gasteiger partial charge in [-0.1, -0.05) is 19.2 Å². The molecule has 2 N–H and O–H groups in total. The third kappa shape index (κ3) is 4.11. The molecule has 3 atom stereocenters. The molecule has 11 heavy (non-hydrogen) atoms. The first-order valence-corrected chi connectivity index (χ1v) is 4.33. The highest BCUT2D eigenvalue weighted by molar-refractivity contribution is 7.40. The van der Waals surface area contributed by atoms with Crippen molar-refractivity contribution < 1.29 is 19.3 Å². The Labute approximate surface area is 65.7 Å². The van der Waals surface area contributed by atoms with Crippen molar-refractivity contribution in [2.45, 2.75) is 12.1 Å². The maximum absolute atomic E-state index is 10.8. The quantitative estimate of drug-likeness (QED) is 0.365. The highest BCUT2D eigenvalue weighted by atomic mass is 31.1. The van der Waals surface area contributed by atoms with Gasteiger partial charge in [-0.2, -0.15) is 0 Å². The Morgan fingerprint density at radius 1 is 1.36 bits per heavy atom. The Bertz CT molecular complexity index is 168. The Hall–Kier alpha value is -0.410. The first kappa shape index (κ1) is 10.6. The molecule has 0 saturated carbocycles. The van der Waals surface area contributed by atoms with Gasteiger partial charge in [-0.25, -0.2) is 0 Å². The Morgan fingerprint density at radius 2 is 1.91 bits per heavy atom. The summed E-state index contributed by atoms with van der Waals surface area (Å²) < 4.78 is 15.2. The van der Waals surface area contributed by atoms with E-state index in [1.54, 1.807) is 0 Å². The molecule has 0 aromatic rings. The number of aliphatic hydroxyl groups excluding tert-OH is 2. The average Bonchev–Trinajstić information content (AvgIpc) is 2.02. The van der Waals surface area contributed by atoms with Gasteiger partial charge in [-0.05, 0) is 6.08 Å². The van der Waals surface area contributed by atoms with Crippen LogP contribution in [0.2, 0.25) is 0 Å². The Balaban J connectivity index is 3.86. The molecule has 0 rings (SSSR count). The van der Waals surface area contributed by atoms with Crippen LogP contribution in [0.15, 0.2) is 25.3 Å². The van der Waals surface area contributed by atoms with E-state index in [2.05, 4.69) is 17.7 Å². The standard InChI is InChI=1S/C6H11O4P/c1-3-5(7)10-11(9)6(8)4-2/h3-8,11H,1-2H2. The highest BCUT2D eigenvalue weighted by Gasteiger charge is 2.11. The molecule has 0 aliphatic rings. The summed E-state index contributed by atoms with van der Waals surface area (Å²) in [5.41, 5.74) is 0. The molecule has 0 aromatic heterocycles. The Morgan fingerprint density at radius 3 is 2.27 bits per heavy atom. The van der Waals surface area contributed by atoms with Gasteiger partial charge in [0.15, 0.2) is 6.29 Å². The van der Waals surface area contributed by atoms with Crippen LogP contribution >= 0.6 is 8.03 Å². The number of hydrogen-bond donors (Lipinski definition) is 2. The summed E-state index contributed by atoms with van der Waals surface area (Å²) in [4.78, 5) is 0. The van der Waals surface area contributed by atoms with E-state index < -0.39 is 20.2 Å². The lowest BCUT2D eigenvalue weighted by atomic mass is 10.6. The van der Waals surface area contributed by atoms with Gasteiger partial charge in [0.1, 0.15) is 5.85 Å². The summed E-state index contributed by atoms with van der Waals surface area (Å²) in [5, 5.41) is 17.5. The van der Waals surface area contributed by atoms with Crippen molar-refractivity contribution in [2.75, 3.05) is 0 Å². The molecule has 0 aromatic carbocycles. The van der Waals surface area contributed by atoms with E-state index in [1.807, 2.05) is 0 Å². The lowest BCUT2D eigenvalue weighted by molar-refractivity contribution is 0.0276. The third-order valence-electron chi connectivity index (χ3n) is 0.903. The van der Waals surface area contributed by atoms with E-state index in [-0.39, 0.29) is 0 Å². The molecule has 5 heteroatoms. The molecular formula is C6H11O4P. The topological polar surface area (TPSA) is 66.8 Å². The minimum atomic E-state index is -2.66. The van der Waals surface area contributed by atoms with Gasteiger partial charge in [0, 0.05) is 0 Å². The zero-order valence-corrected chi connectivity index (χ0v) is 6.93. The predicted octanol–water partition coefficient (Wildman–Crippen LogP) is 0.486. The van der Waals surface area contributed by atoms with Crippen LogP contribution in [0.3, 0.4) is 0 Å². The van der Waals surface area contributed by atoms with Gasteiger partial charge in [0.05, 0.1) is 0 Å². The van der Waals surface area contributed by atoms with Crippen molar-refractivity contribution in [3.63, 3.8) is 0 Å². The van der Waals surface area contributed by atoms with Gasteiger partial charge in [0.2, 0.25) is 8.03 Å². The molecule has 0 spiro atoms. The molecule has 0 aliphatic carbocycles. The fraction of sp³-hybridized carbons (Fsp3) is 0.333. The van der Waals surface area contributed by atoms with Gasteiger partial charge < -0.3 is 10.2 Å². The van der Waals surface area contributed by atoms with Crippen LogP contribution < -0.4 is 0 Å². The molecule has 0 aliphatic heterocycles. The van der Waals surface area contributed by atoms with E-state index in [4.69, 9.17) is 10.2 Å². The van der Waals surface area contributed by atoms with Gasteiger partial charge >= 0.3 is 0 Å². The monoisotopic (exact) mass is 178 g/mol. The smallest absolute Gasteiger partial charge is 0.225 e. The molecular weight excluding hydrogens is 167 g/mol. The fourth-order valence-corrected chi connectivity index (χ4v) is 0.999. The third-order valence-corrected chi connectivity index (χ3v) is 2.10. The van der Waals surface area contributed by atoms with Crippen LogP contribution in [0.25, 0.3) is 0 Å². The lowest BCUT2D eigenvalue weighted by Gasteiger charge is -2.08. The van der Waals surface area contributed by atoms with E-state index in [9.17, 15) is 4.57 Å². The van der Waals surface area contributed by atoms with Crippen molar-refractivity contribution in [3.05, 3.63) is 25.3 Å². The van der Waals surface area contributed by atoms with Gasteiger partial charge in [-0.3, -0.25) is 9.09 Å². The van der Waals surface area contributed by atoms with Crippen molar-refractivity contribution >= 4 is 8.03 Å². The maximum Gasteiger partial charge on any atom is 0.225 e. The van der Waals surface area contributed by atoms with Crippen molar-refractivity contribution in [2.24, 2.45) is 0 Å². The van der Waals surface area contributed by atoms with Crippen LogP contribution in [0.5, 0.6) is 0 Å². The molecule has 0 fully saturated rings. The van der Waals surface area contributed by atoms with E-state index in [0.29, 0.717) is 0 Å². The van der Waals surface area contributed by atoms with Crippen LogP contribution in [-0.2, 0) is 9.09 Å². The van der Waals surface area contributed by atoms with Gasteiger partial charge in [0.25, 0.3) is 0 Å². The summed E-state index contributed by atoms with van der Waals surface area (Å²) in [6, 6.07) is 0. The van der Waals surface area contributed by atoms with Crippen LogP contribution in [-0.4, -0.2) is 22.3 Å².